The molecule has 2 amide bonds. The van der Waals surface area contributed by atoms with Crippen molar-refractivity contribution in [2.45, 2.75) is 58.3 Å². The largest absolute Gasteiger partial charge is 0.486 e. The SMILES string of the molecule is CC(C)(O)CC1CN(C(=O)O)c2cc(NC(=O)OC(C)(C)C)ccc2O1. The number of benzene rings is 1. The van der Waals surface area contributed by atoms with Crippen LogP contribution in [0.2, 0.25) is 0 Å². The number of anilines is 2. The van der Waals surface area contributed by atoms with Gasteiger partial charge < -0.3 is 19.7 Å². The average Bonchev–Trinajstić information content (AvgIpc) is 2.42. The summed E-state index contributed by atoms with van der Waals surface area (Å²) in [5.74, 6) is 0.377. The van der Waals surface area contributed by atoms with Crippen molar-refractivity contribution >= 4 is 23.6 Å². The number of fused-ring (bicyclic) bond motifs is 1. The summed E-state index contributed by atoms with van der Waals surface area (Å²) >= 11 is 0. The summed E-state index contributed by atoms with van der Waals surface area (Å²) in [4.78, 5) is 24.7. The molecule has 0 aliphatic carbocycles. The molecule has 1 aliphatic heterocycles. The number of rotatable bonds is 3. The second-order valence-corrected chi connectivity index (χ2v) is 7.96. The molecule has 1 aromatic carbocycles. The number of aliphatic hydroxyl groups is 1. The second kappa shape index (κ2) is 7.03. The fraction of sp³-hybridized carbons (Fsp3) is 0.556. The molecular weight excluding hydrogens is 340 g/mol. The molecule has 1 heterocycles. The molecule has 3 N–H and O–H groups in total. The molecule has 1 aromatic rings. The van der Waals surface area contributed by atoms with Crippen molar-refractivity contribution in [1.29, 1.82) is 0 Å². The van der Waals surface area contributed by atoms with Crippen LogP contribution in [-0.2, 0) is 4.74 Å². The zero-order valence-electron chi connectivity index (χ0n) is 15.7. The molecule has 0 aromatic heterocycles. The van der Waals surface area contributed by atoms with Crippen LogP contribution in [0.3, 0.4) is 0 Å². The summed E-state index contributed by atoms with van der Waals surface area (Å²) in [7, 11) is 0. The van der Waals surface area contributed by atoms with E-state index < -0.39 is 29.5 Å². The van der Waals surface area contributed by atoms with Crippen LogP contribution in [0, 0.1) is 0 Å². The van der Waals surface area contributed by atoms with Gasteiger partial charge in [-0.05, 0) is 52.8 Å². The first-order valence-electron chi connectivity index (χ1n) is 8.38. The van der Waals surface area contributed by atoms with Gasteiger partial charge in [0.15, 0.2) is 0 Å². The van der Waals surface area contributed by atoms with Gasteiger partial charge in [-0.1, -0.05) is 0 Å². The first kappa shape index (κ1) is 19.8. The van der Waals surface area contributed by atoms with E-state index >= 15 is 0 Å². The lowest BCUT2D eigenvalue weighted by Gasteiger charge is -2.35. The molecule has 1 atom stereocenters. The van der Waals surface area contributed by atoms with Crippen molar-refractivity contribution in [3.63, 3.8) is 0 Å². The maximum Gasteiger partial charge on any atom is 0.412 e. The lowest BCUT2D eigenvalue weighted by Crippen LogP contribution is -2.45. The van der Waals surface area contributed by atoms with Crippen LogP contribution < -0.4 is 15.0 Å². The molecule has 26 heavy (non-hydrogen) atoms. The van der Waals surface area contributed by atoms with Crippen molar-refractivity contribution in [1.82, 2.24) is 0 Å². The van der Waals surface area contributed by atoms with Crippen LogP contribution in [-0.4, -0.2) is 46.3 Å². The Hall–Kier alpha value is -2.48. The summed E-state index contributed by atoms with van der Waals surface area (Å²) in [5.41, 5.74) is -0.893. The number of nitrogens with zero attached hydrogens (tertiary/aromatic N) is 1. The summed E-state index contributed by atoms with van der Waals surface area (Å²) in [6.07, 6.45) is -1.95. The molecule has 0 spiro atoms. The molecule has 8 heteroatoms. The van der Waals surface area contributed by atoms with Crippen LogP contribution in [0.15, 0.2) is 18.2 Å². The van der Waals surface area contributed by atoms with Gasteiger partial charge in [-0.3, -0.25) is 10.2 Å². The van der Waals surface area contributed by atoms with E-state index in [1.54, 1.807) is 46.8 Å². The van der Waals surface area contributed by atoms with Crippen LogP contribution in [0.25, 0.3) is 0 Å². The third kappa shape index (κ3) is 5.52. The van der Waals surface area contributed by atoms with Gasteiger partial charge in [-0.25, -0.2) is 9.59 Å². The highest BCUT2D eigenvalue weighted by Crippen LogP contribution is 2.37. The number of carbonyl (C=O) groups excluding carboxylic acids is 1. The van der Waals surface area contributed by atoms with Crippen molar-refractivity contribution in [3.05, 3.63) is 18.2 Å². The van der Waals surface area contributed by atoms with E-state index in [0.29, 0.717) is 17.1 Å². The Morgan fingerprint density at radius 2 is 1.96 bits per heavy atom. The number of carbonyl (C=O) groups is 2. The van der Waals surface area contributed by atoms with Gasteiger partial charge in [-0.2, -0.15) is 0 Å². The smallest absolute Gasteiger partial charge is 0.412 e. The Balaban J connectivity index is 2.22. The van der Waals surface area contributed by atoms with Gasteiger partial charge >= 0.3 is 12.2 Å². The highest BCUT2D eigenvalue weighted by molar-refractivity contribution is 5.92. The molecule has 0 saturated heterocycles. The summed E-state index contributed by atoms with van der Waals surface area (Å²) in [6, 6.07) is 4.72. The van der Waals surface area contributed by atoms with E-state index in [9.17, 15) is 19.8 Å². The standard InChI is InChI=1S/C18H26N2O6/c1-17(2,3)26-15(21)19-11-6-7-14-13(8-11)20(16(22)23)10-12(25-14)9-18(4,5)24/h6-8,12,24H,9-10H2,1-5H3,(H,19,21)(H,22,23). The fourth-order valence-corrected chi connectivity index (χ4v) is 2.69. The first-order chi connectivity index (χ1) is 11.8. The van der Waals surface area contributed by atoms with E-state index in [2.05, 4.69) is 5.32 Å². The molecule has 0 radical (unpaired) electrons. The van der Waals surface area contributed by atoms with Crippen molar-refractivity contribution in [2.75, 3.05) is 16.8 Å². The van der Waals surface area contributed by atoms with Crippen LogP contribution in [0.4, 0.5) is 21.0 Å². The minimum atomic E-state index is -1.13. The highest BCUT2D eigenvalue weighted by atomic mass is 16.6. The molecule has 0 bridgehead atoms. The van der Waals surface area contributed by atoms with Crippen molar-refractivity contribution < 1.29 is 29.3 Å². The molecule has 2 rings (SSSR count). The number of nitrogens with one attached hydrogen (secondary N) is 1. The van der Waals surface area contributed by atoms with Crippen molar-refractivity contribution in [3.8, 4) is 5.75 Å². The Bertz CT molecular complexity index is 690. The summed E-state index contributed by atoms with van der Waals surface area (Å²) in [6.45, 7) is 8.63. The number of carboxylic acid groups (broad SMARTS) is 1. The molecule has 1 unspecified atom stereocenters. The summed E-state index contributed by atoms with van der Waals surface area (Å²) < 4.78 is 11.0. The number of ether oxygens (including phenoxy) is 2. The zero-order valence-corrected chi connectivity index (χ0v) is 15.7. The molecular formula is C18H26N2O6. The topological polar surface area (TPSA) is 108 Å². The molecule has 0 saturated carbocycles. The first-order valence-corrected chi connectivity index (χ1v) is 8.38. The number of hydrogen-bond acceptors (Lipinski definition) is 5. The second-order valence-electron chi connectivity index (χ2n) is 7.96. The normalized spacial score (nSPS) is 17.2. The van der Waals surface area contributed by atoms with E-state index in [1.807, 2.05) is 0 Å². The predicted molar refractivity (Wildman–Crippen MR) is 97.0 cm³/mol. The monoisotopic (exact) mass is 366 g/mol. The third-order valence-electron chi connectivity index (χ3n) is 3.53. The maximum atomic E-state index is 11.9. The number of amides is 2. The van der Waals surface area contributed by atoms with Gasteiger partial charge in [0.25, 0.3) is 0 Å². The molecule has 0 fully saturated rings. The van der Waals surface area contributed by atoms with Gasteiger partial charge in [0.05, 0.1) is 17.8 Å². The predicted octanol–water partition coefficient (Wildman–Crippen LogP) is 3.44. The highest BCUT2D eigenvalue weighted by Gasteiger charge is 2.33. The number of hydrogen-bond donors (Lipinski definition) is 3. The Morgan fingerprint density at radius 3 is 2.50 bits per heavy atom. The van der Waals surface area contributed by atoms with E-state index in [1.165, 1.54) is 6.07 Å². The van der Waals surface area contributed by atoms with E-state index in [-0.39, 0.29) is 13.0 Å². The molecule has 144 valence electrons. The fourth-order valence-electron chi connectivity index (χ4n) is 2.69. The van der Waals surface area contributed by atoms with E-state index in [4.69, 9.17) is 9.47 Å². The van der Waals surface area contributed by atoms with Gasteiger partial charge in [-0.15, -0.1) is 0 Å². The van der Waals surface area contributed by atoms with E-state index in [0.717, 1.165) is 4.90 Å². The van der Waals surface area contributed by atoms with Crippen LogP contribution in [0.5, 0.6) is 5.75 Å². The van der Waals surface area contributed by atoms with Crippen molar-refractivity contribution in [2.24, 2.45) is 0 Å². The Labute approximate surface area is 152 Å². The van der Waals surface area contributed by atoms with Gasteiger partial charge in [0, 0.05) is 12.1 Å². The minimum Gasteiger partial charge on any atom is -0.486 e. The van der Waals surface area contributed by atoms with Gasteiger partial charge in [0.2, 0.25) is 0 Å². The average molecular weight is 366 g/mol. The lowest BCUT2D eigenvalue weighted by atomic mass is 9.99. The van der Waals surface area contributed by atoms with Gasteiger partial charge in [0.1, 0.15) is 17.5 Å². The maximum absolute atomic E-state index is 11.9. The third-order valence-corrected chi connectivity index (χ3v) is 3.53. The Kier molecular flexibility index (Phi) is 5.36. The minimum absolute atomic E-state index is 0.0855. The molecule has 1 aliphatic rings. The Morgan fingerprint density at radius 1 is 1.31 bits per heavy atom. The zero-order chi connectivity index (χ0) is 19.7. The van der Waals surface area contributed by atoms with Crippen LogP contribution >= 0.6 is 0 Å². The summed E-state index contributed by atoms with van der Waals surface area (Å²) in [5, 5.41) is 22.1. The lowest BCUT2D eigenvalue weighted by molar-refractivity contribution is 0.0265. The molecule has 8 nitrogen and oxygen atoms in total. The quantitative estimate of drug-likeness (QED) is 0.756. The van der Waals surface area contributed by atoms with Crippen LogP contribution in [0.1, 0.15) is 41.0 Å².